The largest absolute Gasteiger partial charge is 0.497 e. The SMILES string of the molecule is COc1cccc(CN[C@H]2C[C@H]3C(=O)N[C@@H](Cc4ccc(Cl)cc4)C(=O)N3C2)c1. The van der Waals surface area contributed by atoms with Crippen LogP contribution in [0.2, 0.25) is 5.02 Å². The van der Waals surface area contributed by atoms with Crippen LogP contribution in [0.15, 0.2) is 48.5 Å². The quantitative estimate of drug-likeness (QED) is 0.761. The Kier molecular flexibility index (Phi) is 5.74. The molecule has 2 heterocycles. The number of rotatable bonds is 6. The summed E-state index contributed by atoms with van der Waals surface area (Å²) < 4.78 is 5.26. The molecule has 3 atom stereocenters. The van der Waals surface area contributed by atoms with Gasteiger partial charge in [-0.25, -0.2) is 0 Å². The molecule has 2 fully saturated rings. The van der Waals surface area contributed by atoms with Crippen LogP contribution in [0.25, 0.3) is 0 Å². The smallest absolute Gasteiger partial charge is 0.246 e. The first-order valence-electron chi connectivity index (χ1n) is 9.75. The van der Waals surface area contributed by atoms with Gasteiger partial charge in [-0.15, -0.1) is 0 Å². The Morgan fingerprint density at radius 3 is 2.72 bits per heavy atom. The number of hydrogen-bond acceptors (Lipinski definition) is 4. The molecule has 0 spiro atoms. The van der Waals surface area contributed by atoms with Crippen molar-refractivity contribution in [1.82, 2.24) is 15.5 Å². The summed E-state index contributed by atoms with van der Waals surface area (Å²) in [4.78, 5) is 27.3. The molecule has 6 nitrogen and oxygen atoms in total. The lowest BCUT2D eigenvalue weighted by Gasteiger charge is -2.34. The zero-order valence-electron chi connectivity index (χ0n) is 16.2. The standard InChI is InChI=1S/C22H24ClN3O3/c1-29-18-4-2-3-15(9-18)12-24-17-11-20-21(27)25-19(22(28)26(20)13-17)10-14-5-7-16(23)8-6-14/h2-9,17,19-20,24H,10-13H2,1H3,(H,25,27)/t17-,19-,20-/m0/s1. The summed E-state index contributed by atoms with van der Waals surface area (Å²) in [6, 6.07) is 14.4. The Morgan fingerprint density at radius 1 is 1.17 bits per heavy atom. The maximum atomic E-state index is 13.0. The molecular weight excluding hydrogens is 390 g/mol. The van der Waals surface area contributed by atoms with E-state index in [0.717, 1.165) is 16.9 Å². The fourth-order valence-electron chi connectivity index (χ4n) is 4.04. The van der Waals surface area contributed by atoms with Crippen molar-refractivity contribution in [1.29, 1.82) is 0 Å². The predicted molar refractivity (Wildman–Crippen MR) is 111 cm³/mol. The van der Waals surface area contributed by atoms with Gasteiger partial charge in [0.05, 0.1) is 7.11 Å². The number of nitrogens with one attached hydrogen (secondary N) is 2. The summed E-state index contributed by atoms with van der Waals surface area (Å²) >= 11 is 5.93. The summed E-state index contributed by atoms with van der Waals surface area (Å²) in [6.45, 7) is 1.20. The lowest BCUT2D eigenvalue weighted by Crippen LogP contribution is -2.61. The minimum atomic E-state index is -0.530. The van der Waals surface area contributed by atoms with Crippen LogP contribution in [0.4, 0.5) is 0 Å². The average Bonchev–Trinajstić information content (AvgIpc) is 3.17. The number of amides is 2. The Bertz CT molecular complexity index is 902. The van der Waals surface area contributed by atoms with E-state index >= 15 is 0 Å². The maximum absolute atomic E-state index is 13.0. The number of benzene rings is 2. The van der Waals surface area contributed by atoms with Gasteiger partial charge in [0, 0.05) is 30.6 Å². The second-order valence-electron chi connectivity index (χ2n) is 7.56. The van der Waals surface area contributed by atoms with Crippen molar-refractivity contribution in [3.63, 3.8) is 0 Å². The molecule has 29 heavy (non-hydrogen) atoms. The number of halogens is 1. The lowest BCUT2D eigenvalue weighted by atomic mass is 10.0. The lowest BCUT2D eigenvalue weighted by molar-refractivity contribution is -0.147. The van der Waals surface area contributed by atoms with E-state index in [9.17, 15) is 9.59 Å². The maximum Gasteiger partial charge on any atom is 0.246 e. The van der Waals surface area contributed by atoms with E-state index in [4.69, 9.17) is 16.3 Å². The molecule has 152 valence electrons. The Balaban J connectivity index is 1.38. The average molecular weight is 414 g/mol. The van der Waals surface area contributed by atoms with E-state index in [2.05, 4.69) is 10.6 Å². The molecule has 2 aliphatic heterocycles. The molecule has 0 aliphatic carbocycles. The molecule has 2 saturated heterocycles. The van der Waals surface area contributed by atoms with Crippen LogP contribution in [0.3, 0.4) is 0 Å². The molecule has 2 amide bonds. The van der Waals surface area contributed by atoms with Crippen LogP contribution in [0, 0.1) is 0 Å². The van der Waals surface area contributed by atoms with E-state index in [1.807, 2.05) is 36.4 Å². The molecule has 0 radical (unpaired) electrons. The monoisotopic (exact) mass is 413 g/mol. The summed E-state index contributed by atoms with van der Waals surface area (Å²) in [7, 11) is 1.65. The van der Waals surface area contributed by atoms with Gasteiger partial charge in [0.15, 0.2) is 0 Å². The fourth-order valence-corrected chi connectivity index (χ4v) is 4.17. The number of nitrogens with zero attached hydrogens (tertiary/aromatic N) is 1. The van der Waals surface area contributed by atoms with Crippen molar-refractivity contribution >= 4 is 23.4 Å². The van der Waals surface area contributed by atoms with Crippen molar-refractivity contribution in [3.05, 3.63) is 64.7 Å². The highest BCUT2D eigenvalue weighted by molar-refractivity contribution is 6.30. The van der Waals surface area contributed by atoms with E-state index < -0.39 is 12.1 Å². The van der Waals surface area contributed by atoms with E-state index in [-0.39, 0.29) is 17.9 Å². The molecule has 0 bridgehead atoms. The van der Waals surface area contributed by atoms with Gasteiger partial charge in [-0.2, -0.15) is 0 Å². The normalized spacial score (nSPS) is 23.7. The first kappa shape index (κ1) is 19.7. The second kappa shape index (κ2) is 8.43. The number of carbonyl (C=O) groups excluding carboxylic acids is 2. The number of fused-ring (bicyclic) bond motifs is 1. The molecule has 0 unspecified atom stereocenters. The van der Waals surface area contributed by atoms with Gasteiger partial charge in [-0.1, -0.05) is 35.9 Å². The van der Waals surface area contributed by atoms with Gasteiger partial charge in [-0.05, 0) is 41.8 Å². The van der Waals surface area contributed by atoms with Crippen LogP contribution in [-0.4, -0.2) is 48.5 Å². The second-order valence-corrected chi connectivity index (χ2v) is 8.00. The zero-order chi connectivity index (χ0) is 20.4. The summed E-state index contributed by atoms with van der Waals surface area (Å²) in [5.41, 5.74) is 2.07. The van der Waals surface area contributed by atoms with Gasteiger partial charge in [0.1, 0.15) is 17.8 Å². The number of ether oxygens (including phenoxy) is 1. The molecule has 2 aromatic rings. The highest BCUT2D eigenvalue weighted by Crippen LogP contribution is 2.24. The minimum absolute atomic E-state index is 0.0183. The molecule has 2 aromatic carbocycles. The summed E-state index contributed by atoms with van der Waals surface area (Å²) in [5, 5.41) is 7.03. The van der Waals surface area contributed by atoms with Crippen molar-refractivity contribution in [2.24, 2.45) is 0 Å². The molecule has 2 aliphatic rings. The van der Waals surface area contributed by atoms with Crippen molar-refractivity contribution < 1.29 is 14.3 Å². The molecule has 7 heteroatoms. The predicted octanol–water partition coefficient (Wildman–Crippen LogP) is 2.15. The van der Waals surface area contributed by atoms with Crippen LogP contribution in [0.5, 0.6) is 5.75 Å². The number of methoxy groups -OCH3 is 1. The first-order chi connectivity index (χ1) is 14.0. The zero-order valence-corrected chi connectivity index (χ0v) is 17.0. The highest BCUT2D eigenvalue weighted by atomic mass is 35.5. The van der Waals surface area contributed by atoms with Crippen LogP contribution >= 0.6 is 11.6 Å². The van der Waals surface area contributed by atoms with Gasteiger partial charge < -0.3 is 20.3 Å². The van der Waals surface area contributed by atoms with Crippen molar-refractivity contribution in [3.8, 4) is 5.75 Å². The first-order valence-corrected chi connectivity index (χ1v) is 10.1. The Labute approximate surface area is 175 Å². The van der Waals surface area contributed by atoms with Crippen LogP contribution in [0.1, 0.15) is 17.5 Å². The van der Waals surface area contributed by atoms with Gasteiger partial charge >= 0.3 is 0 Å². The highest BCUT2D eigenvalue weighted by Gasteiger charge is 2.46. The molecular formula is C22H24ClN3O3. The Morgan fingerprint density at radius 2 is 1.97 bits per heavy atom. The molecule has 0 aromatic heterocycles. The summed E-state index contributed by atoms with van der Waals surface area (Å²) in [5.74, 6) is 0.720. The molecule has 4 rings (SSSR count). The molecule has 2 N–H and O–H groups in total. The minimum Gasteiger partial charge on any atom is -0.497 e. The third-order valence-electron chi connectivity index (χ3n) is 5.58. The number of hydrogen-bond donors (Lipinski definition) is 2. The van der Waals surface area contributed by atoms with E-state index in [1.165, 1.54) is 0 Å². The number of piperazine rings is 1. The Hall–Kier alpha value is -2.57. The van der Waals surface area contributed by atoms with Crippen molar-refractivity contribution in [2.75, 3.05) is 13.7 Å². The van der Waals surface area contributed by atoms with Crippen LogP contribution < -0.4 is 15.4 Å². The summed E-state index contributed by atoms with van der Waals surface area (Å²) in [6.07, 6.45) is 1.09. The van der Waals surface area contributed by atoms with Crippen LogP contribution in [-0.2, 0) is 22.6 Å². The third kappa shape index (κ3) is 4.38. The molecule has 0 saturated carbocycles. The van der Waals surface area contributed by atoms with E-state index in [0.29, 0.717) is 31.0 Å². The fraction of sp³-hybridized carbons (Fsp3) is 0.364. The number of carbonyl (C=O) groups is 2. The van der Waals surface area contributed by atoms with Gasteiger partial charge in [0.2, 0.25) is 11.8 Å². The van der Waals surface area contributed by atoms with Gasteiger partial charge in [-0.3, -0.25) is 9.59 Å². The van der Waals surface area contributed by atoms with Crippen molar-refractivity contribution in [2.45, 2.75) is 37.5 Å². The third-order valence-corrected chi connectivity index (χ3v) is 5.84. The van der Waals surface area contributed by atoms with Gasteiger partial charge in [0.25, 0.3) is 0 Å². The van der Waals surface area contributed by atoms with E-state index in [1.54, 1.807) is 24.1 Å². The topological polar surface area (TPSA) is 70.7 Å².